The van der Waals surface area contributed by atoms with Crippen molar-refractivity contribution in [1.29, 1.82) is 5.26 Å². The molecular weight excluding hydrogens is 267 g/mol. The third-order valence-electron chi connectivity index (χ3n) is 1.88. The molecular formula is C10H8F3N3OS. The van der Waals surface area contributed by atoms with E-state index < -0.39 is 23.2 Å². The number of amides is 1. The van der Waals surface area contributed by atoms with Crippen molar-refractivity contribution >= 4 is 17.7 Å². The molecule has 0 spiro atoms. The largest absolute Gasteiger partial charge is 0.417 e. The van der Waals surface area contributed by atoms with Crippen molar-refractivity contribution in [3.05, 3.63) is 22.9 Å². The number of primary amides is 1. The van der Waals surface area contributed by atoms with Crippen molar-refractivity contribution in [1.82, 2.24) is 4.98 Å². The van der Waals surface area contributed by atoms with Gasteiger partial charge in [-0.15, -0.1) is 0 Å². The van der Waals surface area contributed by atoms with E-state index in [1.165, 1.54) is 13.0 Å². The molecule has 0 aliphatic heterocycles. The van der Waals surface area contributed by atoms with Gasteiger partial charge in [0.15, 0.2) is 0 Å². The number of alkyl halides is 3. The highest BCUT2D eigenvalue weighted by Gasteiger charge is 2.35. The molecule has 18 heavy (non-hydrogen) atoms. The average molecular weight is 275 g/mol. The smallest absolute Gasteiger partial charge is 0.369 e. The van der Waals surface area contributed by atoms with Crippen LogP contribution in [0.4, 0.5) is 13.2 Å². The van der Waals surface area contributed by atoms with Crippen LogP contribution >= 0.6 is 11.8 Å². The van der Waals surface area contributed by atoms with Gasteiger partial charge in [0.2, 0.25) is 5.91 Å². The third kappa shape index (κ3) is 3.37. The van der Waals surface area contributed by atoms with Gasteiger partial charge in [-0.2, -0.15) is 18.4 Å². The number of halogens is 3. The molecule has 0 aliphatic carbocycles. The molecule has 0 radical (unpaired) electrons. The molecule has 96 valence electrons. The highest BCUT2D eigenvalue weighted by molar-refractivity contribution is 8.00. The molecule has 0 atom stereocenters. The van der Waals surface area contributed by atoms with Gasteiger partial charge in [0.05, 0.1) is 16.9 Å². The first kappa shape index (κ1) is 14.3. The van der Waals surface area contributed by atoms with Gasteiger partial charge in [0.1, 0.15) is 11.1 Å². The van der Waals surface area contributed by atoms with E-state index >= 15 is 0 Å². The topological polar surface area (TPSA) is 79.8 Å². The lowest BCUT2D eigenvalue weighted by Crippen LogP contribution is -2.14. The molecule has 1 aromatic heterocycles. The van der Waals surface area contributed by atoms with Crippen LogP contribution in [0.15, 0.2) is 11.1 Å². The molecule has 0 aromatic carbocycles. The maximum absolute atomic E-state index is 12.7. The van der Waals surface area contributed by atoms with Crippen molar-refractivity contribution in [2.45, 2.75) is 18.1 Å². The fourth-order valence-corrected chi connectivity index (χ4v) is 2.01. The second-order valence-electron chi connectivity index (χ2n) is 3.36. The molecule has 1 aromatic rings. The van der Waals surface area contributed by atoms with Crippen molar-refractivity contribution in [3.8, 4) is 6.07 Å². The third-order valence-corrected chi connectivity index (χ3v) is 2.88. The summed E-state index contributed by atoms with van der Waals surface area (Å²) >= 11 is 0.716. The quantitative estimate of drug-likeness (QED) is 0.854. The lowest BCUT2D eigenvalue weighted by atomic mass is 10.1. The number of carbonyl (C=O) groups excluding carboxylic acids is 1. The summed E-state index contributed by atoms with van der Waals surface area (Å²) in [6.07, 6.45) is -4.64. The van der Waals surface area contributed by atoms with Gasteiger partial charge in [-0.1, -0.05) is 11.8 Å². The average Bonchev–Trinajstić information content (AvgIpc) is 2.24. The second kappa shape index (κ2) is 5.27. The number of nitrogens with two attached hydrogens (primary N) is 1. The molecule has 0 saturated carbocycles. The number of pyridine rings is 1. The molecule has 0 aliphatic rings. The molecule has 1 rings (SSSR count). The Labute approximate surface area is 105 Å². The Hall–Kier alpha value is -1.75. The van der Waals surface area contributed by atoms with Crippen LogP contribution in [0.3, 0.4) is 0 Å². The minimum absolute atomic E-state index is 0.119. The Morgan fingerprint density at radius 2 is 2.22 bits per heavy atom. The number of nitrogens with zero attached hydrogens (tertiary/aromatic N) is 2. The van der Waals surface area contributed by atoms with Crippen LogP contribution in [0, 0.1) is 18.3 Å². The van der Waals surface area contributed by atoms with Gasteiger partial charge in [-0.3, -0.25) is 4.79 Å². The summed E-state index contributed by atoms with van der Waals surface area (Å²) in [7, 11) is 0. The van der Waals surface area contributed by atoms with E-state index in [-0.39, 0.29) is 16.5 Å². The predicted molar refractivity (Wildman–Crippen MR) is 58.6 cm³/mol. The van der Waals surface area contributed by atoms with Gasteiger partial charge in [0.25, 0.3) is 0 Å². The summed E-state index contributed by atoms with van der Waals surface area (Å²) in [6, 6.07) is 2.26. The standard InChI is InChI=1S/C10H8F3N3OS/c1-5-2-7(10(11,12)13)6(3-14)9(16-5)18-4-8(15)17/h2H,4H2,1H3,(H2,15,17). The number of hydrogen-bond acceptors (Lipinski definition) is 4. The van der Waals surface area contributed by atoms with Crippen LogP contribution in [0.1, 0.15) is 16.8 Å². The first-order valence-electron chi connectivity index (χ1n) is 4.65. The number of nitriles is 1. The summed E-state index contributed by atoms with van der Waals surface area (Å²) in [4.78, 5) is 14.4. The van der Waals surface area contributed by atoms with E-state index in [2.05, 4.69) is 4.98 Å². The SMILES string of the molecule is Cc1cc(C(F)(F)F)c(C#N)c(SCC(N)=O)n1. The van der Waals surface area contributed by atoms with E-state index in [0.717, 1.165) is 6.07 Å². The Balaban J connectivity index is 3.30. The molecule has 1 amide bonds. The van der Waals surface area contributed by atoms with E-state index in [4.69, 9.17) is 11.0 Å². The van der Waals surface area contributed by atoms with Crippen LogP contribution in [0.25, 0.3) is 0 Å². The van der Waals surface area contributed by atoms with Gasteiger partial charge < -0.3 is 5.73 Å². The first-order valence-corrected chi connectivity index (χ1v) is 5.64. The van der Waals surface area contributed by atoms with E-state index in [9.17, 15) is 18.0 Å². The molecule has 4 nitrogen and oxygen atoms in total. The lowest BCUT2D eigenvalue weighted by Gasteiger charge is -2.12. The molecule has 0 unspecified atom stereocenters. The molecule has 0 bridgehead atoms. The molecule has 1 heterocycles. The van der Waals surface area contributed by atoms with Crippen molar-refractivity contribution in [2.24, 2.45) is 5.73 Å². The number of aryl methyl sites for hydroxylation is 1. The minimum Gasteiger partial charge on any atom is -0.369 e. The normalized spacial score (nSPS) is 11.1. The van der Waals surface area contributed by atoms with Gasteiger partial charge in [-0.05, 0) is 13.0 Å². The number of hydrogen-bond donors (Lipinski definition) is 1. The number of carbonyl (C=O) groups is 1. The van der Waals surface area contributed by atoms with Crippen LogP contribution in [0.2, 0.25) is 0 Å². The zero-order valence-electron chi connectivity index (χ0n) is 9.21. The molecule has 0 fully saturated rings. The highest BCUT2D eigenvalue weighted by atomic mass is 32.2. The van der Waals surface area contributed by atoms with E-state index in [1.807, 2.05) is 0 Å². The predicted octanol–water partition coefficient (Wildman–Crippen LogP) is 1.86. The Morgan fingerprint density at radius 3 is 2.67 bits per heavy atom. The first-order chi connectivity index (χ1) is 8.25. The fourth-order valence-electron chi connectivity index (χ4n) is 1.22. The van der Waals surface area contributed by atoms with E-state index in [0.29, 0.717) is 11.8 Å². The summed E-state index contributed by atoms with van der Waals surface area (Å²) in [5.41, 5.74) is 3.38. The van der Waals surface area contributed by atoms with Crippen LogP contribution in [-0.2, 0) is 11.0 Å². The summed E-state index contributed by atoms with van der Waals surface area (Å²) < 4.78 is 38.1. The Morgan fingerprint density at radius 1 is 1.61 bits per heavy atom. The van der Waals surface area contributed by atoms with Crippen molar-refractivity contribution in [2.75, 3.05) is 5.75 Å². The van der Waals surface area contributed by atoms with Crippen molar-refractivity contribution in [3.63, 3.8) is 0 Å². The van der Waals surface area contributed by atoms with Crippen LogP contribution in [-0.4, -0.2) is 16.6 Å². The summed E-state index contributed by atoms with van der Waals surface area (Å²) in [5, 5.41) is 8.66. The monoisotopic (exact) mass is 275 g/mol. The molecule has 8 heteroatoms. The molecule has 0 saturated heterocycles. The zero-order valence-corrected chi connectivity index (χ0v) is 10.0. The van der Waals surface area contributed by atoms with Crippen LogP contribution in [0.5, 0.6) is 0 Å². The molecule has 2 N–H and O–H groups in total. The van der Waals surface area contributed by atoms with Gasteiger partial charge >= 0.3 is 6.18 Å². The summed E-state index contributed by atoms with van der Waals surface area (Å²) in [5.74, 6) is -0.927. The van der Waals surface area contributed by atoms with Crippen LogP contribution < -0.4 is 5.73 Å². The summed E-state index contributed by atoms with van der Waals surface area (Å²) in [6.45, 7) is 1.38. The van der Waals surface area contributed by atoms with Gasteiger partial charge in [-0.25, -0.2) is 4.98 Å². The lowest BCUT2D eigenvalue weighted by molar-refractivity contribution is -0.138. The second-order valence-corrected chi connectivity index (χ2v) is 4.32. The Bertz CT molecular complexity index is 522. The number of thioether (sulfide) groups is 1. The maximum atomic E-state index is 12.7. The maximum Gasteiger partial charge on any atom is 0.417 e. The minimum atomic E-state index is -4.64. The highest BCUT2D eigenvalue weighted by Crippen LogP contribution is 2.35. The van der Waals surface area contributed by atoms with E-state index in [1.54, 1.807) is 0 Å². The number of aromatic nitrogens is 1. The van der Waals surface area contributed by atoms with Gasteiger partial charge in [0, 0.05) is 5.69 Å². The van der Waals surface area contributed by atoms with Crippen molar-refractivity contribution < 1.29 is 18.0 Å². The fraction of sp³-hybridized carbons (Fsp3) is 0.300. The zero-order chi connectivity index (χ0) is 13.9. The Kier molecular flexibility index (Phi) is 4.19. The number of rotatable bonds is 3.